The highest BCUT2D eigenvalue weighted by Crippen LogP contribution is 2.32. The number of benzene rings is 2. The van der Waals surface area contributed by atoms with Crippen LogP contribution in [0.25, 0.3) is 16.8 Å². The highest BCUT2D eigenvalue weighted by molar-refractivity contribution is 5.63. The lowest BCUT2D eigenvalue weighted by molar-refractivity contribution is -0.210. The highest BCUT2D eigenvalue weighted by atomic mass is 19.4. The summed E-state index contributed by atoms with van der Waals surface area (Å²) < 4.78 is 86.8. The second-order valence-electron chi connectivity index (χ2n) is 6.90. The Labute approximate surface area is 183 Å². The summed E-state index contributed by atoms with van der Waals surface area (Å²) in [6.45, 7) is -1.04. The van der Waals surface area contributed by atoms with Crippen molar-refractivity contribution < 1.29 is 40.9 Å². The molecule has 1 unspecified atom stereocenters. The minimum Gasteiger partial charge on any atom is -0.493 e. The van der Waals surface area contributed by atoms with E-state index in [2.05, 4.69) is 0 Å². The van der Waals surface area contributed by atoms with Crippen molar-refractivity contribution in [2.75, 3.05) is 13.7 Å². The number of aromatic nitrogens is 1. The highest BCUT2D eigenvalue weighted by Gasteiger charge is 2.38. The summed E-state index contributed by atoms with van der Waals surface area (Å²) in [5.74, 6) is -0.0421. The molecule has 0 radical (unpaired) electrons. The maximum absolute atomic E-state index is 12.7. The van der Waals surface area contributed by atoms with Crippen LogP contribution in [0.3, 0.4) is 0 Å². The lowest BCUT2D eigenvalue weighted by atomic mass is 10.0. The van der Waals surface area contributed by atoms with Crippen molar-refractivity contribution in [3.8, 4) is 28.3 Å². The standard InChI is InChI=1S/C22H17F6NO4/c1-32-18-11-16(6-7-17(18)33-12-19(30)22(26,27)28)29-9-8-14(10-20(29)31)13-2-4-15(5-3-13)21(23,24)25/h2-11,19,30H,12H2,1H3. The molecule has 11 heteroatoms. The van der Waals surface area contributed by atoms with E-state index in [-0.39, 0.29) is 11.5 Å². The van der Waals surface area contributed by atoms with Gasteiger partial charge in [0, 0.05) is 18.3 Å². The molecule has 2 aromatic carbocycles. The maximum atomic E-state index is 12.7. The number of halogens is 6. The van der Waals surface area contributed by atoms with Crippen LogP contribution in [0.2, 0.25) is 0 Å². The summed E-state index contributed by atoms with van der Waals surface area (Å²) >= 11 is 0. The molecule has 0 aliphatic heterocycles. The van der Waals surface area contributed by atoms with Gasteiger partial charge in [-0.15, -0.1) is 0 Å². The molecule has 0 saturated heterocycles. The monoisotopic (exact) mass is 473 g/mol. The molecule has 1 heterocycles. The Morgan fingerprint density at radius 2 is 1.58 bits per heavy atom. The van der Waals surface area contributed by atoms with Gasteiger partial charge in [0.2, 0.25) is 0 Å². The van der Waals surface area contributed by atoms with E-state index in [0.29, 0.717) is 16.8 Å². The molecule has 0 aliphatic carbocycles. The summed E-state index contributed by atoms with van der Waals surface area (Å²) in [5.41, 5.74) is -0.193. The number of alkyl halides is 6. The first-order valence-corrected chi connectivity index (χ1v) is 9.36. The summed E-state index contributed by atoms with van der Waals surface area (Å²) in [6.07, 6.45) is -10.6. The molecule has 3 aromatic rings. The molecule has 5 nitrogen and oxygen atoms in total. The fourth-order valence-corrected chi connectivity index (χ4v) is 2.91. The number of rotatable bonds is 6. The summed E-state index contributed by atoms with van der Waals surface area (Å²) in [6, 6.07) is 11.2. The summed E-state index contributed by atoms with van der Waals surface area (Å²) in [5, 5.41) is 9.06. The van der Waals surface area contributed by atoms with Crippen molar-refractivity contribution in [1.29, 1.82) is 0 Å². The Bertz CT molecular complexity index is 1170. The average Bonchev–Trinajstić information content (AvgIpc) is 2.76. The van der Waals surface area contributed by atoms with Crippen LogP contribution in [0, 0.1) is 0 Å². The van der Waals surface area contributed by atoms with E-state index in [1.54, 1.807) is 0 Å². The number of nitrogens with zero attached hydrogens (tertiary/aromatic N) is 1. The van der Waals surface area contributed by atoms with E-state index < -0.39 is 36.2 Å². The third-order valence-electron chi connectivity index (χ3n) is 4.67. The predicted octanol–water partition coefficient (Wildman–Crippen LogP) is 4.83. The van der Waals surface area contributed by atoms with Gasteiger partial charge in [0.1, 0.15) is 6.61 Å². The molecule has 0 spiro atoms. The first-order valence-electron chi connectivity index (χ1n) is 9.36. The van der Waals surface area contributed by atoms with Crippen molar-refractivity contribution in [3.63, 3.8) is 0 Å². The second-order valence-corrected chi connectivity index (χ2v) is 6.90. The third kappa shape index (κ3) is 5.67. The molecule has 1 atom stereocenters. The Kier molecular flexibility index (Phi) is 6.73. The molecule has 176 valence electrons. The molecule has 0 amide bonds. The van der Waals surface area contributed by atoms with Crippen molar-refractivity contribution in [2.24, 2.45) is 0 Å². The Balaban J connectivity index is 1.84. The number of aliphatic hydroxyl groups is 1. The average molecular weight is 473 g/mol. The maximum Gasteiger partial charge on any atom is 0.417 e. The Morgan fingerprint density at radius 1 is 0.909 bits per heavy atom. The molecule has 1 aromatic heterocycles. The molecule has 0 aliphatic rings. The summed E-state index contributed by atoms with van der Waals surface area (Å²) in [4.78, 5) is 12.6. The van der Waals surface area contributed by atoms with Gasteiger partial charge in [-0.1, -0.05) is 12.1 Å². The first-order chi connectivity index (χ1) is 15.4. The molecule has 0 bridgehead atoms. The Hall–Kier alpha value is -3.47. The largest absolute Gasteiger partial charge is 0.493 e. The van der Waals surface area contributed by atoms with E-state index in [9.17, 15) is 31.1 Å². The number of ether oxygens (including phenoxy) is 2. The van der Waals surface area contributed by atoms with E-state index in [1.807, 2.05) is 0 Å². The predicted molar refractivity (Wildman–Crippen MR) is 107 cm³/mol. The zero-order valence-corrected chi connectivity index (χ0v) is 16.9. The van der Waals surface area contributed by atoms with Crippen LogP contribution in [0.15, 0.2) is 65.6 Å². The molecular formula is C22H17F6NO4. The van der Waals surface area contributed by atoms with Crippen LogP contribution in [0.5, 0.6) is 11.5 Å². The zero-order chi connectivity index (χ0) is 24.4. The van der Waals surface area contributed by atoms with Crippen LogP contribution in [0.4, 0.5) is 26.3 Å². The third-order valence-corrected chi connectivity index (χ3v) is 4.67. The number of pyridine rings is 1. The van der Waals surface area contributed by atoms with Crippen LogP contribution in [-0.4, -0.2) is 35.7 Å². The second kappa shape index (κ2) is 9.18. The van der Waals surface area contributed by atoms with Crippen LogP contribution in [0.1, 0.15) is 5.56 Å². The molecule has 0 fully saturated rings. The van der Waals surface area contributed by atoms with Gasteiger partial charge in [0.25, 0.3) is 5.56 Å². The lowest BCUT2D eigenvalue weighted by Crippen LogP contribution is -2.34. The van der Waals surface area contributed by atoms with Gasteiger partial charge >= 0.3 is 12.4 Å². The van der Waals surface area contributed by atoms with Crippen molar-refractivity contribution in [3.05, 3.63) is 76.7 Å². The zero-order valence-electron chi connectivity index (χ0n) is 16.9. The van der Waals surface area contributed by atoms with Crippen LogP contribution < -0.4 is 15.0 Å². The molecular weight excluding hydrogens is 456 g/mol. The molecule has 1 N–H and O–H groups in total. The van der Waals surface area contributed by atoms with Gasteiger partial charge in [0.15, 0.2) is 17.6 Å². The van der Waals surface area contributed by atoms with Crippen molar-refractivity contribution in [2.45, 2.75) is 18.5 Å². The molecule has 33 heavy (non-hydrogen) atoms. The summed E-state index contributed by atoms with van der Waals surface area (Å²) in [7, 11) is 1.25. The van der Waals surface area contributed by atoms with Crippen molar-refractivity contribution >= 4 is 0 Å². The van der Waals surface area contributed by atoms with E-state index in [0.717, 1.165) is 12.1 Å². The first kappa shape index (κ1) is 24.2. The van der Waals surface area contributed by atoms with Gasteiger partial charge < -0.3 is 14.6 Å². The SMILES string of the molecule is COc1cc(-n2ccc(-c3ccc(C(F)(F)F)cc3)cc2=O)ccc1OCC(O)C(F)(F)F. The number of methoxy groups -OCH3 is 1. The minimum atomic E-state index is -4.84. The minimum absolute atomic E-state index is 0.0283. The van der Waals surface area contributed by atoms with Crippen molar-refractivity contribution in [1.82, 2.24) is 4.57 Å². The van der Waals surface area contributed by atoms with Gasteiger partial charge in [-0.25, -0.2) is 0 Å². The smallest absolute Gasteiger partial charge is 0.417 e. The van der Waals surface area contributed by atoms with Crippen LogP contribution >= 0.6 is 0 Å². The number of hydrogen-bond acceptors (Lipinski definition) is 4. The van der Waals surface area contributed by atoms with Gasteiger partial charge in [-0.3, -0.25) is 9.36 Å². The van der Waals surface area contributed by atoms with Gasteiger partial charge in [0.05, 0.1) is 18.4 Å². The van der Waals surface area contributed by atoms with Gasteiger partial charge in [-0.05, 0) is 41.5 Å². The van der Waals surface area contributed by atoms with E-state index in [4.69, 9.17) is 14.6 Å². The fraction of sp³-hybridized carbons (Fsp3) is 0.227. The van der Waals surface area contributed by atoms with E-state index in [1.165, 1.54) is 60.3 Å². The topological polar surface area (TPSA) is 60.7 Å². The Morgan fingerprint density at radius 3 is 2.12 bits per heavy atom. The number of hydrogen-bond donors (Lipinski definition) is 1. The fourth-order valence-electron chi connectivity index (χ4n) is 2.91. The number of aliphatic hydroxyl groups excluding tert-OH is 1. The quantitative estimate of drug-likeness (QED) is 0.521. The van der Waals surface area contributed by atoms with E-state index >= 15 is 0 Å². The molecule has 0 saturated carbocycles. The lowest BCUT2D eigenvalue weighted by Gasteiger charge is -2.17. The van der Waals surface area contributed by atoms with Gasteiger partial charge in [-0.2, -0.15) is 26.3 Å². The van der Waals surface area contributed by atoms with Crippen LogP contribution in [-0.2, 0) is 6.18 Å². The normalized spacial score (nSPS) is 13.0. The molecule has 3 rings (SSSR count).